The van der Waals surface area contributed by atoms with Crippen LogP contribution in [0.3, 0.4) is 0 Å². The summed E-state index contributed by atoms with van der Waals surface area (Å²) in [5.74, 6) is -0.819. The van der Waals surface area contributed by atoms with Gasteiger partial charge in [0.1, 0.15) is 4.90 Å². The molecule has 3 rings (SSSR count). The van der Waals surface area contributed by atoms with Crippen molar-refractivity contribution in [2.75, 3.05) is 32.1 Å². The molecule has 4 nitrogen and oxygen atoms in total. The van der Waals surface area contributed by atoms with Crippen LogP contribution >= 0.6 is 10.2 Å². The Labute approximate surface area is 172 Å². The van der Waals surface area contributed by atoms with E-state index in [1.165, 1.54) is 6.07 Å². The molecular formula is C20H24F5N3OS. The van der Waals surface area contributed by atoms with E-state index < -0.39 is 27.1 Å². The van der Waals surface area contributed by atoms with E-state index in [4.69, 9.17) is 0 Å². The maximum atomic E-state index is 13.2. The fourth-order valence-corrected chi connectivity index (χ4v) is 4.22. The van der Waals surface area contributed by atoms with Crippen molar-refractivity contribution in [1.29, 1.82) is 0 Å². The number of hydrogen-bond donors (Lipinski definition) is 2. The van der Waals surface area contributed by atoms with E-state index in [0.717, 1.165) is 17.3 Å². The van der Waals surface area contributed by atoms with Crippen LogP contribution in [0.4, 0.5) is 25.1 Å². The van der Waals surface area contributed by atoms with Crippen LogP contribution in [-0.2, 0) is 11.2 Å². The summed E-state index contributed by atoms with van der Waals surface area (Å²) in [6, 6.07) is 10.2. The Bertz CT molecular complexity index is 932. The number of hydrogen-bond acceptors (Lipinski definition) is 3. The van der Waals surface area contributed by atoms with Gasteiger partial charge < -0.3 is 15.5 Å². The molecule has 1 aliphatic heterocycles. The van der Waals surface area contributed by atoms with E-state index in [1.54, 1.807) is 0 Å². The number of carbonyl (C=O) groups excluding carboxylic acids is 1. The monoisotopic (exact) mass is 449 g/mol. The van der Waals surface area contributed by atoms with Crippen molar-refractivity contribution in [1.82, 2.24) is 10.6 Å². The average Bonchev–Trinajstić information content (AvgIpc) is 3.08. The molecule has 2 aromatic carbocycles. The molecule has 0 aliphatic carbocycles. The molecule has 0 bridgehead atoms. The van der Waals surface area contributed by atoms with Crippen LogP contribution in [0.25, 0.3) is 0 Å². The summed E-state index contributed by atoms with van der Waals surface area (Å²) in [5.41, 5.74) is 1.90. The van der Waals surface area contributed by atoms with Gasteiger partial charge in [0.15, 0.2) is 0 Å². The van der Waals surface area contributed by atoms with Crippen LogP contribution < -0.4 is 15.5 Å². The number of nitrogens with zero attached hydrogens (tertiary/aromatic N) is 1. The average molecular weight is 449 g/mol. The van der Waals surface area contributed by atoms with Crippen molar-refractivity contribution in [2.24, 2.45) is 0 Å². The highest BCUT2D eigenvalue weighted by molar-refractivity contribution is 8.45. The van der Waals surface area contributed by atoms with E-state index in [2.05, 4.69) is 10.6 Å². The molecule has 0 spiro atoms. The minimum atomic E-state index is -9.76. The summed E-state index contributed by atoms with van der Waals surface area (Å²) in [4.78, 5) is 12.5. The zero-order chi connectivity index (χ0) is 22.2. The summed E-state index contributed by atoms with van der Waals surface area (Å²) in [5, 5.41) is 5.83. The van der Waals surface area contributed by atoms with Crippen molar-refractivity contribution in [3.8, 4) is 0 Å². The zero-order valence-corrected chi connectivity index (χ0v) is 17.4. The van der Waals surface area contributed by atoms with Crippen LogP contribution in [-0.4, -0.2) is 39.1 Å². The van der Waals surface area contributed by atoms with Gasteiger partial charge >= 0.3 is 10.2 Å². The standard InChI is InChI=1S/C20H24F5N3OS/c1-28(2)16-8-6-14(7-9-16)10-20(29)27-19-13-26-12-18(19)15-4-3-5-17(11-15)30(21,22,23,24)25/h3-9,11,18-19,26H,10,12-13H2,1-2H3,(H,27,29)/t18-,19+/m0/s1. The van der Waals surface area contributed by atoms with Gasteiger partial charge in [0.25, 0.3) is 0 Å². The molecule has 1 fully saturated rings. The van der Waals surface area contributed by atoms with E-state index in [9.17, 15) is 24.2 Å². The minimum Gasteiger partial charge on any atom is -0.378 e. The van der Waals surface area contributed by atoms with Gasteiger partial charge in [0.2, 0.25) is 5.91 Å². The maximum absolute atomic E-state index is 13.2. The Morgan fingerprint density at radius 1 is 1.07 bits per heavy atom. The maximum Gasteiger partial charge on any atom is 0.310 e. The van der Waals surface area contributed by atoms with Crippen LogP contribution in [0.1, 0.15) is 17.0 Å². The second kappa shape index (κ2) is 7.12. The first-order valence-corrected chi connectivity index (χ1v) is 11.3. The molecule has 0 saturated carbocycles. The van der Waals surface area contributed by atoms with Crippen LogP contribution in [0.2, 0.25) is 0 Å². The zero-order valence-electron chi connectivity index (χ0n) is 16.5. The molecule has 1 aliphatic rings. The largest absolute Gasteiger partial charge is 0.378 e. The van der Waals surface area contributed by atoms with Gasteiger partial charge in [-0.15, -0.1) is 0 Å². The lowest BCUT2D eigenvalue weighted by Gasteiger charge is -2.41. The lowest BCUT2D eigenvalue weighted by molar-refractivity contribution is -0.121. The van der Waals surface area contributed by atoms with Gasteiger partial charge in [-0.2, -0.15) is 0 Å². The fourth-order valence-electron chi connectivity index (χ4n) is 3.52. The van der Waals surface area contributed by atoms with Gasteiger partial charge in [-0.25, -0.2) is 0 Å². The summed E-state index contributed by atoms with van der Waals surface area (Å²) in [6.07, 6.45) is 0.114. The van der Waals surface area contributed by atoms with E-state index >= 15 is 0 Å². The smallest absolute Gasteiger partial charge is 0.310 e. The normalized spacial score (nSPS) is 21.6. The molecule has 2 N–H and O–H groups in total. The number of benzene rings is 2. The molecule has 1 amide bonds. The first-order valence-electron chi connectivity index (χ1n) is 9.33. The van der Waals surface area contributed by atoms with E-state index in [0.29, 0.717) is 18.7 Å². The third-order valence-corrected chi connectivity index (χ3v) is 6.25. The van der Waals surface area contributed by atoms with Gasteiger partial charge in [-0.05, 0) is 35.4 Å². The number of carbonyl (C=O) groups is 1. The van der Waals surface area contributed by atoms with Gasteiger partial charge in [0, 0.05) is 44.8 Å². The Kier molecular flexibility index (Phi) is 5.31. The van der Waals surface area contributed by atoms with Gasteiger partial charge in [0.05, 0.1) is 6.42 Å². The first-order chi connectivity index (χ1) is 13.7. The van der Waals surface area contributed by atoms with E-state index in [-0.39, 0.29) is 24.4 Å². The van der Waals surface area contributed by atoms with Crippen molar-refractivity contribution in [3.63, 3.8) is 0 Å². The SMILES string of the molecule is CN(C)c1ccc(CC(=O)N[C@@H]2CNC[C@H]2c2cccc(S(F)(F)(F)(F)F)c2)cc1. The third-order valence-electron chi connectivity index (χ3n) is 5.11. The molecular weight excluding hydrogens is 425 g/mol. The molecule has 10 heteroatoms. The first kappa shape index (κ1) is 22.4. The second-order valence-corrected chi connectivity index (χ2v) is 10.1. The molecule has 1 heterocycles. The Balaban J connectivity index is 1.71. The summed E-state index contributed by atoms with van der Waals surface area (Å²) in [6.45, 7) is 0.628. The number of rotatable bonds is 6. The Hall–Kier alpha value is -2.33. The molecule has 166 valence electrons. The lowest BCUT2D eigenvalue weighted by atomic mass is 9.94. The minimum absolute atomic E-state index is 0.114. The highest BCUT2D eigenvalue weighted by Gasteiger charge is 2.65. The summed E-state index contributed by atoms with van der Waals surface area (Å²) >= 11 is 0. The fraction of sp³-hybridized carbons (Fsp3) is 0.350. The number of nitrogens with one attached hydrogen (secondary N) is 2. The number of anilines is 1. The highest BCUT2D eigenvalue weighted by atomic mass is 32.5. The second-order valence-electron chi connectivity index (χ2n) is 7.72. The third kappa shape index (κ3) is 5.42. The summed E-state index contributed by atoms with van der Waals surface area (Å²) < 4.78 is 65.8. The Morgan fingerprint density at radius 3 is 2.33 bits per heavy atom. The predicted octanol–water partition coefficient (Wildman–Crippen LogP) is 4.82. The van der Waals surface area contributed by atoms with Crippen LogP contribution in [0, 0.1) is 0 Å². The molecule has 1 saturated heterocycles. The van der Waals surface area contributed by atoms with Crippen LogP contribution in [0.15, 0.2) is 53.4 Å². The highest BCUT2D eigenvalue weighted by Crippen LogP contribution is 3.02. The lowest BCUT2D eigenvalue weighted by Crippen LogP contribution is -2.40. The number of halogens is 5. The van der Waals surface area contributed by atoms with Crippen molar-refractivity contribution in [3.05, 3.63) is 59.7 Å². The quantitative estimate of drug-likeness (QED) is 0.622. The number of amides is 1. The van der Waals surface area contributed by atoms with Crippen molar-refractivity contribution < 1.29 is 24.2 Å². The topological polar surface area (TPSA) is 44.4 Å². The van der Waals surface area contributed by atoms with Gasteiger partial charge in [-0.3, -0.25) is 4.79 Å². The van der Waals surface area contributed by atoms with Crippen molar-refractivity contribution in [2.45, 2.75) is 23.3 Å². The molecule has 0 unspecified atom stereocenters. The molecule has 0 radical (unpaired) electrons. The molecule has 2 atom stereocenters. The van der Waals surface area contributed by atoms with Crippen molar-refractivity contribution >= 4 is 21.8 Å². The molecule has 2 aromatic rings. The predicted molar refractivity (Wildman–Crippen MR) is 110 cm³/mol. The summed E-state index contributed by atoms with van der Waals surface area (Å²) in [7, 11) is -5.95. The Morgan fingerprint density at radius 2 is 1.73 bits per heavy atom. The van der Waals surface area contributed by atoms with Crippen LogP contribution in [0.5, 0.6) is 0 Å². The van der Waals surface area contributed by atoms with Gasteiger partial charge in [-0.1, -0.05) is 43.7 Å². The molecule has 0 aromatic heterocycles. The molecule has 30 heavy (non-hydrogen) atoms. The van der Waals surface area contributed by atoms with E-state index in [1.807, 2.05) is 43.3 Å².